The molecule has 0 aliphatic carbocycles. The highest BCUT2D eigenvalue weighted by Gasteiger charge is 2.14. The molecule has 0 amide bonds. The molecule has 0 saturated heterocycles. The molecular formula is C13H18O3. The molecule has 0 bridgehead atoms. The van der Waals surface area contributed by atoms with E-state index in [9.17, 15) is 9.90 Å². The Bertz CT molecular complexity index is 367. The van der Waals surface area contributed by atoms with Gasteiger partial charge in [0, 0.05) is 0 Å². The summed E-state index contributed by atoms with van der Waals surface area (Å²) in [6.07, 6.45) is 2.81. The van der Waals surface area contributed by atoms with Crippen LogP contribution in [0.15, 0.2) is 18.2 Å². The van der Waals surface area contributed by atoms with Gasteiger partial charge in [0.2, 0.25) is 0 Å². The van der Waals surface area contributed by atoms with Crippen molar-refractivity contribution in [1.82, 2.24) is 0 Å². The minimum absolute atomic E-state index is 0.0107. The average Bonchev–Trinajstić information content (AvgIpc) is 2.27. The van der Waals surface area contributed by atoms with E-state index in [1.165, 1.54) is 6.07 Å². The highest BCUT2D eigenvalue weighted by Crippen LogP contribution is 2.26. The normalized spacial score (nSPS) is 10.7. The molecule has 0 spiro atoms. The molecule has 0 atom stereocenters. The van der Waals surface area contributed by atoms with E-state index in [0.29, 0.717) is 5.92 Å². The molecule has 1 aromatic carbocycles. The molecule has 1 rings (SSSR count). The third-order valence-corrected chi connectivity index (χ3v) is 3.01. The topological polar surface area (TPSA) is 57.5 Å². The Kier molecular flexibility index (Phi) is 4.35. The van der Waals surface area contributed by atoms with E-state index in [-0.39, 0.29) is 11.3 Å². The SMILES string of the molecule is CCC(CC)Cc1cccc(C(=O)O)c1O. The first kappa shape index (κ1) is 12.6. The maximum Gasteiger partial charge on any atom is 0.339 e. The summed E-state index contributed by atoms with van der Waals surface area (Å²) >= 11 is 0. The van der Waals surface area contributed by atoms with Gasteiger partial charge in [0.05, 0.1) is 0 Å². The number of aromatic hydroxyl groups is 1. The fraction of sp³-hybridized carbons (Fsp3) is 0.462. The van der Waals surface area contributed by atoms with Gasteiger partial charge in [-0.2, -0.15) is 0 Å². The Balaban J connectivity index is 2.97. The Morgan fingerprint density at radius 3 is 2.44 bits per heavy atom. The second-order valence-corrected chi connectivity index (χ2v) is 4.01. The number of benzene rings is 1. The first-order valence-electron chi connectivity index (χ1n) is 5.64. The molecule has 1 aromatic rings. The fourth-order valence-electron chi connectivity index (χ4n) is 1.82. The van der Waals surface area contributed by atoms with Crippen LogP contribution in [0.3, 0.4) is 0 Å². The van der Waals surface area contributed by atoms with Crippen LogP contribution in [0.25, 0.3) is 0 Å². The van der Waals surface area contributed by atoms with E-state index in [1.807, 2.05) is 0 Å². The molecule has 0 unspecified atom stereocenters. The third-order valence-electron chi connectivity index (χ3n) is 3.01. The maximum atomic E-state index is 10.8. The second-order valence-electron chi connectivity index (χ2n) is 4.01. The maximum absolute atomic E-state index is 10.8. The zero-order valence-electron chi connectivity index (χ0n) is 9.73. The summed E-state index contributed by atoms with van der Waals surface area (Å²) in [5, 5.41) is 18.7. The van der Waals surface area contributed by atoms with Gasteiger partial charge in [-0.25, -0.2) is 4.79 Å². The van der Waals surface area contributed by atoms with Crippen molar-refractivity contribution in [2.75, 3.05) is 0 Å². The Labute approximate surface area is 95.7 Å². The molecule has 0 heterocycles. The first-order valence-corrected chi connectivity index (χ1v) is 5.64. The predicted octanol–water partition coefficient (Wildman–Crippen LogP) is 3.07. The molecule has 2 N–H and O–H groups in total. The van der Waals surface area contributed by atoms with Gasteiger partial charge in [0.15, 0.2) is 0 Å². The van der Waals surface area contributed by atoms with Crippen molar-refractivity contribution in [3.63, 3.8) is 0 Å². The molecule has 0 aliphatic heterocycles. The zero-order valence-corrected chi connectivity index (χ0v) is 9.73. The molecular weight excluding hydrogens is 204 g/mol. The summed E-state index contributed by atoms with van der Waals surface area (Å²) < 4.78 is 0. The van der Waals surface area contributed by atoms with Crippen molar-refractivity contribution < 1.29 is 15.0 Å². The second kappa shape index (κ2) is 5.54. The number of phenols is 1. The highest BCUT2D eigenvalue weighted by molar-refractivity contribution is 5.91. The number of para-hydroxylation sites is 1. The summed E-state index contributed by atoms with van der Waals surface area (Å²) in [5.74, 6) is -0.666. The number of carboxylic acids is 1. The Hall–Kier alpha value is -1.51. The molecule has 88 valence electrons. The molecule has 16 heavy (non-hydrogen) atoms. The van der Waals surface area contributed by atoms with E-state index in [4.69, 9.17) is 5.11 Å². The number of aromatic carboxylic acids is 1. The Morgan fingerprint density at radius 2 is 1.94 bits per heavy atom. The monoisotopic (exact) mass is 222 g/mol. The summed E-state index contributed by atoms with van der Waals surface area (Å²) in [6.45, 7) is 4.21. The van der Waals surface area contributed by atoms with Crippen LogP contribution in [0.5, 0.6) is 5.75 Å². The van der Waals surface area contributed by atoms with Gasteiger partial charge < -0.3 is 10.2 Å². The van der Waals surface area contributed by atoms with Crippen molar-refractivity contribution in [2.45, 2.75) is 33.1 Å². The van der Waals surface area contributed by atoms with Crippen molar-refractivity contribution in [3.05, 3.63) is 29.3 Å². The van der Waals surface area contributed by atoms with Gasteiger partial charge in [-0.15, -0.1) is 0 Å². The van der Waals surface area contributed by atoms with Crippen molar-refractivity contribution >= 4 is 5.97 Å². The van der Waals surface area contributed by atoms with Gasteiger partial charge in [0.25, 0.3) is 0 Å². The molecule has 0 aromatic heterocycles. The molecule has 3 heteroatoms. The lowest BCUT2D eigenvalue weighted by Crippen LogP contribution is -2.04. The van der Waals surface area contributed by atoms with Crippen molar-refractivity contribution in [3.8, 4) is 5.75 Å². The summed E-state index contributed by atoms with van der Waals surface area (Å²) in [4.78, 5) is 10.8. The average molecular weight is 222 g/mol. The van der Waals surface area contributed by atoms with Crippen LogP contribution in [0.1, 0.15) is 42.6 Å². The summed E-state index contributed by atoms with van der Waals surface area (Å²) in [7, 11) is 0. The van der Waals surface area contributed by atoms with Crippen molar-refractivity contribution in [1.29, 1.82) is 0 Å². The van der Waals surface area contributed by atoms with E-state index in [1.54, 1.807) is 12.1 Å². The lowest BCUT2D eigenvalue weighted by molar-refractivity contribution is 0.0693. The van der Waals surface area contributed by atoms with E-state index in [2.05, 4.69) is 13.8 Å². The predicted molar refractivity (Wildman–Crippen MR) is 62.8 cm³/mol. The smallest absolute Gasteiger partial charge is 0.339 e. The lowest BCUT2D eigenvalue weighted by atomic mass is 9.93. The highest BCUT2D eigenvalue weighted by atomic mass is 16.4. The van der Waals surface area contributed by atoms with Crippen molar-refractivity contribution in [2.24, 2.45) is 5.92 Å². The van der Waals surface area contributed by atoms with Crippen LogP contribution >= 0.6 is 0 Å². The number of carbonyl (C=O) groups is 1. The Morgan fingerprint density at radius 1 is 1.31 bits per heavy atom. The van der Waals surface area contributed by atoms with Crippen LogP contribution in [-0.2, 0) is 6.42 Å². The lowest BCUT2D eigenvalue weighted by Gasteiger charge is -2.14. The molecule has 3 nitrogen and oxygen atoms in total. The van der Waals surface area contributed by atoms with Gasteiger partial charge in [-0.1, -0.05) is 38.8 Å². The molecule has 0 radical (unpaired) electrons. The van der Waals surface area contributed by atoms with Crippen LogP contribution < -0.4 is 0 Å². The minimum Gasteiger partial charge on any atom is -0.507 e. The fourth-order valence-corrected chi connectivity index (χ4v) is 1.82. The largest absolute Gasteiger partial charge is 0.507 e. The number of rotatable bonds is 5. The third kappa shape index (κ3) is 2.75. The van der Waals surface area contributed by atoms with Gasteiger partial charge in [-0.3, -0.25) is 0 Å². The summed E-state index contributed by atoms with van der Waals surface area (Å²) in [6, 6.07) is 4.90. The number of carboxylic acid groups (broad SMARTS) is 1. The van der Waals surface area contributed by atoms with Crippen LogP contribution in [0.4, 0.5) is 0 Å². The molecule has 0 aliphatic rings. The van der Waals surface area contributed by atoms with Gasteiger partial charge in [-0.05, 0) is 24.0 Å². The van der Waals surface area contributed by atoms with Crippen LogP contribution in [-0.4, -0.2) is 16.2 Å². The van der Waals surface area contributed by atoms with E-state index < -0.39 is 5.97 Å². The standard InChI is InChI=1S/C13H18O3/c1-3-9(4-2)8-10-6-5-7-11(12(10)14)13(15)16/h5-7,9,14H,3-4,8H2,1-2H3,(H,15,16). The first-order chi connectivity index (χ1) is 7.60. The van der Waals surface area contributed by atoms with E-state index in [0.717, 1.165) is 24.8 Å². The quantitative estimate of drug-likeness (QED) is 0.805. The minimum atomic E-state index is -1.08. The van der Waals surface area contributed by atoms with E-state index >= 15 is 0 Å². The van der Waals surface area contributed by atoms with Gasteiger partial charge in [0.1, 0.15) is 11.3 Å². The van der Waals surface area contributed by atoms with Crippen LogP contribution in [0.2, 0.25) is 0 Å². The number of hydrogen-bond acceptors (Lipinski definition) is 2. The van der Waals surface area contributed by atoms with Crippen LogP contribution in [0, 0.1) is 5.92 Å². The molecule has 0 fully saturated rings. The molecule has 0 saturated carbocycles. The number of hydrogen-bond donors (Lipinski definition) is 2. The summed E-state index contributed by atoms with van der Waals surface area (Å²) in [5.41, 5.74) is 0.719. The van der Waals surface area contributed by atoms with Gasteiger partial charge >= 0.3 is 5.97 Å². The zero-order chi connectivity index (χ0) is 12.1.